The topological polar surface area (TPSA) is 21.7 Å². The lowest BCUT2D eigenvalue weighted by Gasteiger charge is -2.34. The van der Waals surface area contributed by atoms with Gasteiger partial charge in [-0.2, -0.15) is 0 Å². The molecule has 2 aliphatic rings. The fourth-order valence-corrected chi connectivity index (χ4v) is 3.69. The average Bonchev–Trinajstić information content (AvgIpc) is 2.75. The Labute approximate surface area is 154 Å². The summed E-state index contributed by atoms with van der Waals surface area (Å²) in [6.07, 6.45) is 3.94. The molecule has 3 nitrogen and oxygen atoms in total. The van der Waals surface area contributed by atoms with Gasteiger partial charge >= 0.3 is 7.12 Å². The van der Waals surface area contributed by atoms with Crippen molar-refractivity contribution in [3.63, 3.8) is 0 Å². The Morgan fingerprint density at radius 3 is 2.00 bits per heavy atom. The Kier molecular flexibility index (Phi) is 4.74. The first-order valence-corrected chi connectivity index (χ1v) is 9.76. The van der Waals surface area contributed by atoms with E-state index in [4.69, 9.17) is 9.31 Å². The van der Waals surface area contributed by atoms with Crippen LogP contribution in [0.25, 0.3) is 0 Å². The first kappa shape index (κ1) is 18.8. The Hall–Kier alpha value is -0.995. The molecule has 1 aromatic rings. The van der Waals surface area contributed by atoms with E-state index in [1.54, 1.807) is 0 Å². The second-order valence-electron chi connectivity index (χ2n) is 9.66. The van der Waals surface area contributed by atoms with Crippen molar-refractivity contribution < 1.29 is 9.31 Å². The lowest BCUT2D eigenvalue weighted by Crippen LogP contribution is -2.41. The standard InChI is InChI=1S/C21H34BNO2/c1-19(2,3)17-15-16(22-24-20(4,5)21(6,7)25-22)11-12-18(17)23-13-9-8-10-14-23/h11-12,15H,8-10,13-14H2,1-7H3. The highest BCUT2D eigenvalue weighted by Crippen LogP contribution is 2.38. The van der Waals surface area contributed by atoms with Gasteiger partial charge in [0.05, 0.1) is 11.2 Å². The molecule has 0 N–H and O–H groups in total. The Morgan fingerprint density at radius 2 is 1.48 bits per heavy atom. The molecule has 4 heteroatoms. The molecule has 1 aromatic carbocycles. The zero-order valence-electron chi connectivity index (χ0n) is 17.1. The van der Waals surface area contributed by atoms with Gasteiger partial charge in [0.2, 0.25) is 0 Å². The molecule has 2 fully saturated rings. The summed E-state index contributed by atoms with van der Waals surface area (Å²) in [5.74, 6) is 0. The average molecular weight is 343 g/mol. The zero-order valence-corrected chi connectivity index (χ0v) is 17.1. The van der Waals surface area contributed by atoms with Crippen LogP contribution in [0, 0.1) is 0 Å². The summed E-state index contributed by atoms with van der Waals surface area (Å²) in [6, 6.07) is 6.79. The molecule has 0 bridgehead atoms. The minimum atomic E-state index is -0.300. The van der Waals surface area contributed by atoms with Gasteiger partial charge in [0.1, 0.15) is 0 Å². The van der Waals surface area contributed by atoms with E-state index in [9.17, 15) is 0 Å². The molecule has 0 spiro atoms. The summed E-state index contributed by atoms with van der Waals surface area (Å²) in [5.41, 5.74) is 3.39. The van der Waals surface area contributed by atoms with E-state index in [-0.39, 0.29) is 23.7 Å². The van der Waals surface area contributed by atoms with Crippen molar-refractivity contribution in [1.82, 2.24) is 0 Å². The van der Waals surface area contributed by atoms with E-state index in [2.05, 4.69) is 71.6 Å². The lowest BCUT2D eigenvalue weighted by molar-refractivity contribution is 0.00578. The minimum absolute atomic E-state index is 0.0897. The first-order valence-electron chi connectivity index (χ1n) is 9.76. The molecule has 2 heterocycles. The largest absolute Gasteiger partial charge is 0.494 e. The summed E-state index contributed by atoms with van der Waals surface area (Å²) in [4.78, 5) is 2.55. The van der Waals surface area contributed by atoms with E-state index >= 15 is 0 Å². The van der Waals surface area contributed by atoms with Gasteiger partial charge < -0.3 is 14.2 Å². The normalized spacial score (nSPS) is 23.2. The van der Waals surface area contributed by atoms with Crippen molar-refractivity contribution in [2.45, 2.75) is 84.3 Å². The van der Waals surface area contributed by atoms with Crippen LogP contribution in [0.15, 0.2) is 18.2 Å². The van der Waals surface area contributed by atoms with E-state index < -0.39 is 0 Å². The molecule has 0 radical (unpaired) electrons. The van der Waals surface area contributed by atoms with Crippen molar-refractivity contribution in [3.05, 3.63) is 23.8 Å². The molecule has 3 rings (SSSR count). The summed E-state index contributed by atoms with van der Waals surface area (Å²) in [6.45, 7) is 17.7. The van der Waals surface area contributed by atoms with Crippen molar-refractivity contribution >= 4 is 18.3 Å². The SMILES string of the molecule is CC(C)(C)c1cc(B2OC(C)(C)C(C)(C)O2)ccc1N1CCCCC1. The maximum atomic E-state index is 6.27. The van der Waals surface area contributed by atoms with E-state index in [0.29, 0.717) is 0 Å². The van der Waals surface area contributed by atoms with Gasteiger partial charge in [0.25, 0.3) is 0 Å². The molecule has 0 amide bonds. The highest BCUT2D eigenvalue weighted by atomic mass is 16.7. The lowest BCUT2D eigenvalue weighted by atomic mass is 9.74. The number of hydrogen-bond acceptors (Lipinski definition) is 3. The molecular formula is C21H34BNO2. The van der Waals surface area contributed by atoms with E-state index in [1.807, 2.05) is 0 Å². The van der Waals surface area contributed by atoms with Crippen LogP contribution in [-0.2, 0) is 14.7 Å². The zero-order chi connectivity index (χ0) is 18.5. The Balaban J connectivity index is 1.95. The predicted molar refractivity (Wildman–Crippen MR) is 107 cm³/mol. The number of anilines is 1. The maximum absolute atomic E-state index is 6.27. The second kappa shape index (κ2) is 6.31. The number of rotatable bonds is 2. The number of nitrogens with zero attached hydrogens (tertiary/aromatic N) is 1. The number of benzene rings is 1. The molecular weight excluding hydrogens is 309 g/mol. The summed E-state index contributed by atoms with van der Waals surface area (Å²) in [5, 5.41) is 0. The first-order chi connectivity index (χ1) is 11.5. The Morgan fingerprint density at radius 1 is 0.920 bits per heavy atom. The molecule has 0 aromatic heterocycles. The minimum Gasteiger partial charge on any atom is -0.399 e. The maximum Gasteiger partial charge on any atom is 0.494 e. The van der Waals surface area contributed by atoms with Crippen molar-refractivity contribution in [2.24, 2.45) is 0 Å². The second-order valence-corrected chi connectivity index (χ2v) is 9.66. The van der Waals surface area contributed by atoms with Crippen molar-refractivity contribution in [2.75, 3.05) is 18.0 Å². The van der Waals surface area contributed by atoms with Crippen LogP contribution < -0.4 is 10.4 Å². The van der Waals surface area contributed by atoms with Gasteiger partial charge in [-0.05, 0) is 69.5 Å². The smallest absolute Gasteiger partial charge is 0.399 e. The highest BCUT2D eigenvalue weighted by molar-refractivity contribution is 6.62. The third kappa shape index (κ3) is 3.61. The molecule has 0 atom stereocenters. The highest BCUT2D eigenvalue weighted by Gasteiger charge is 2.51. The molecule has 138 valence electrons. The quantitative estimate of drug-likeness (QED) is 0.749. The van der Waals surface area contributed by atoms with Crippen LogP contribution in [0.5, 0.6) is 0 Å². The van der Waals surface area contributed by atoms with E-state index in [1.165, 1.54) is 43.6 Å². The van der Waals surface area contributed by atoms with Gasteiger partial charge in [-0.3, -0.25) is 0 Å². The number of piperidine rings is 1. The van der Waals surface area contributed by atoms with E-state index in [0.717, 1.165) is 5.46 Å². The number of hydrogen-bond donors (Lipinski definition) is 0. The third-order valence-electron chi connectivity index (χ3n) is 6.05. The van der Waals surface area contributed by atoms with Crippen molar-refractivity contribution in [1.29, 1.82) is 0 Å². The molecule has 0 aliphatic carbocycles. The molecule has 25 heavy (non-hydrogen) atoms. The Bertz CT molecular complexity index is 611. The van der Waals surface area contributed by atoms with Gasteiger partial charge in [-0.25, -0.2) is 0 Å². The van der Waals surface area contributed by atoms with Gasteiger partial charge in [0, 0.05) is 18.8 Å². The van der Waals surface area contributed by atoms with Crippen LogP contribution in [0.3, 0.4) is 0 Å². The van der Waals surface area contributed by atoms with Crippen LogP contribution >= 0.6 is 0 Å². The monoisotopic (exact) mass is 343 g/mol. The third-order valence-corrected chi connectivity index (χ3v) is 6.05. The summed E-state index contributed by atoms with van der Waals surface area (Å²) in [7, 11) is -0.290. The van der Waals surface area contributed by atoms with Gasteiger partial charge in [-0.1, -0.05) is 32.9 Å². The molecule has 2 saturated heterocycles. The van der Waals surface area contributed by atoms with Gasteiger partial charge in [-0.15, -0.1) is 0 Å². The molecule has 2 aliphatic heterocycles. The molecule has 0 unspecified atom stereocenters. The van der Waals surface area contributed by atoms with Crippen molar-refractivity contribution in [3.8, 4) is 0 Å². The molecule has 0 saturated carbocycles. The van der Waals surface area contributed by atoms with Crippen LogP contribution in [0.4, 0.5) is 5.69 Å². The van der Waals surface area contributed by atoms with Crippen LogP contribution in [-0.4, -0.2) is 31.4 Å². The predicted octanol–water partition coefficient (Wildman–Crippen LogP) is 4.27. The summed E-state index contributed by atoms with van der Waals surface area (Å²) < 4.78 is 12.5. The fourth-order valence-electron chi connectivity index (χ4n) is 3.69. The summed E-state index contributed by atoms with van der Waals surface area (Å²) >= 11 is 0. The fraction of sp³-hybridized carbons (Fsp3) is 0.714. The van der Waals surface area contributed by atoms with Crippen LogP contribution in [0.1, 0.15) is 73.3 Å². The van der Waals surface area contributed by atoms with Crippen LogP contribution in [0.2, 0.25) is 0 Å². The van der Waals surface area contributed by atoms with Gasteiger partial charge in [0.15, 0.2) is 0 Å².